The van der Waals surface area contributed by atoms with Crippen LogP contribution in [0.4, 0.5) is 0 Å². The number of rotatable bonds is 7. The fourth-order valence-electron chi connectivity index (χ4n) is 2.21. The van der Waals surface area contributed by atoms with Gasteiger partial charge < -0.3 is 4.74 Å². The highest BCUT2D eigenvalue weighted by Crippen LogP contribution is 2.28. The second-order valence-electron chi connectivity index (χ2n) is 4.70. The summed E-state index contributed by atoms with van der Waals surface area (Å²) in [5, 5.41) is 0. The largest absolute Gasteiger partial charge is 0.469 e. The lowest BCUT2D eigenvalue weighted by atomic mass is 9.98. The Bertz CT molecular complexity index is 305. The summed E-state index contributed by atoms with van der Waals surface area (Å²) in [5.41, 5.74) is 1.21. The van der Waals surface area contributed by atoms with Crippen molar-refractivity contribution in [2.45, 2.75) is 51.9 Å². The van der Waals surface area contributed by atoms with Gasteiger partial charge in [-0.3, -0.25) is 9.59 Å². The van der Waals surface area contributed by atoms with Crippen molar-refractivity contribution in [3.05, 3.63) is 11.6 Å². The minimum atomic E-state index is -0.288. The predicted octanol–water partition coefficient (Wildman–Crippen LogP) is 3.04. The lowest BCUT2D eigenvalue weighted by Gasteiger charge is -2.07. The van der Waals surface area contributed by atoms with E-state index in [1.807, 2.05) is 0 Å². The summed E-state index contributed by atoms with van der Waals surface area (Å²) in [6, 6.07) is 0. The molecule has 0 aromatic heterocycles. The standard InChI is InChI=1S/C14H22O3/c1-3-4-5-6-7-11-8-12(13(15)9-11)10-14(16)17-2/h9,12H,3-8,10H2,1-2H3. The maximum Gasteiger partial charge on any atom is 0.306 e. The molecule has 3 nitrogen and oxygen atoms in total. The van der Waals surface area contributed by atoms with Crippen LogP contribution in [0.3, 0.4) is 0 Å². The van der Waals surface area contributed by atoms with E-state index in [1.54, 1.807) is 6.08 Å². The summed E-state index contributed by atoms with van der Waals surface area (Å²) < 4.78 is 4.59. The summed E-state index contributed by atoms with van der Waals surface area (Å²) in [6.45, 7) is 2.19. The smallest absolute Gasteiger partial charge is 0.306 e. The van der Waals surface area contributed by atoms with E-state index in [0.29, 0.717) is 0 Å². The second-order valence-corrected chi connectivity index (χ2v) is 4.70. The Labute approximate surface area is 103 Å². The fraction of sp³-hybridized carbons (Fsp3) is 0.714. The van der Waals surface area contributed by atoms with Gasteiger partial charge in [0.2, 0.25) is 0 Å². The van der Waals surface area contributed by atoms with Crippen LogP contribution in [0.5, 0.6) is 0 Å². The van der Waals surface area contributed by atoms with Gasteiger partial charge in [0.15, 0.2) is 5.78 Å². The van der Waals surface area contributed by atoms with Crippen molar-refractivity contribution >= 4 is 11.8 Å². The third-order valence-corrected chi connectivity index (χ3v) is 3.25. The van der Waals surface area contributed by atoms with Crippen molar-refractivity contribution in [2.24, 2.45) is 5.92 Å². The molecule has 0 fully saturated rings. The number of methoxy groups -OCH3 is 1. The molecule has 17 heavy (non-hydrogen) atoms. The van der Waals surface area contributed by atoms with Crippen LogP contribution in [-0.2, 0) is 14.3 Å². The van der Waals surface area contributed by atoms with Crippen molar-refractivity contribution in [2.75, 3.05) is 7.11 Å². The van der Waals surface area contributed by atoms with Gasteiger partial charge >= 0.3 is 5.97 Å². The van der Waals surface area contributed by atoms with E-state index in [9.17, 15) is 9.59 Å². The molecule has 0 bridgehead atoms. The van der Waals surface area contributed by atoms with Gasteiger partial charge in [0.05, 0.1) is 13.5 Å². The Kier molecular flexibility index (Phi) is 5.95. The summed E-state index contributed by atoms with van der Waals surface area (Å²) >= 11 is 0. The Balaban J connectivity index is 2.29. The van der Waals surface area contributed by atoms with E-state index in [4.69, 9.17) is 0 Å². The van der Waals surface area contributed by atoms with Crippen molar-refractivity contribution in [1.29, 1.82) is 0 Å². The molecular weight excluding hydrogens is 216 g/mol. The lowest BCUT2D eigenvalue weighted by Crippen LogP contribution is -2.13. The first-order chi connectivity index (χ1) is 8.17. The van der Waals surface area contributed by atoms with Crippen LogP contribution < -0.4 is 0 Å². The Morgan fingerprint density at radius 3 is 2.82 bits per heavy atom. The minimum absolute atomic E-state index is 0.0980. The van der Waals surface area contributed by atoms with Gasteiger partial charge in [0, 0.05) is 5.92 Å². The van der Waals surface area contributed by atoms with E-state index in [1.165, 1.54) is 31.9 Å². The zero-order valence-electron chi connectivity index (χ0n) is 10.8. The highest BCUT2D eigenvalue weighted by Gasteiger charge is 2.27. The number of ether oxygens (including phenoxy) is 1. The molecule has 0 spiro atoms. The van der Waals surface area contributed by atoms with Gasteiger partial charge in [-0.1, -0.05) is 31.8 Å². The maximum atomic E-state index is 11.6. The van der Waals surface area contributed by atoms with Gasteiger partial charge in [-0.2, -0.15) is 0 Å². The van der Waals surface area contributed by atoms with Crippen molar-refractivity contribution in [3.63, 3.8) is 0 Å². The molecule has 1 aliphatic rings. The van der Waals surface area contributed by atoms with Crippen LogP contribution >= 0.6 is 0 Å². The summed E-state index contributed by atoms with van der Waals surface area (Å²) in [7, 11) is 1.36. The number of hydrogen-bond donors (Lipinski definition) is 0. The van der Waals surface area contributed by atoms with Crippen LogP contribution in [0.1, 0.15) is 51.9 Å². The number of allylic oxidation sites excluding steroid dienone is 2. The predicted molar refractivity (Wildman–Crippen MR) is 66.6 cm³/mol. The Morgan fingerprint density at radius 2 is 2.18 bits per heavy atom. The number of ketones is 1. The van der Waals surface area contributed by atoms with Crippen molar-refractivity contribution in [1.82, 2.24) is 0 Å². The van der Waals surface area contributed by atoms with Gasteiger partial charge in [-0.15, -0.1) is 0 Å². The van der Waals surface area contributed by atoms with E-state index in [2.05, 4.69) is 11.7 Å². The number of carbonyl (C=O) groups is 2. The van der Waals surface area contributed by atoms with Crippen LogP contribution in [-0.4, -0.2) is 18.9 Å². The highest BCUT2D eigenvalue weighted by atomic mass is 16.5. The molecule has 0 radical (unpaired) electrons. The molecule has 1 atom stereocenters. The molecule has 0 N–H and O–H groups in total. The minimum Gasteiger partial charge on any atom is -0.469 e. The first kappa shape index (κ1) is 13.9. The van der Waals surface area contributed by atoms with Crippen LogP contribution in [0, 0.1) is 5.92 Å². The average Bonchev–Trinajstić information content (AvgIpc) is 2.65. The van der Waals surface area contributed by atoms with Crippen LogP contribution in [0.2, 0.25) is 0 Å². The van der Waals surface area contributed by atoms with Crippen molar-refractivity contribution in [3.8, 4) is 0 Å². The molecule has 1 rings (SSSR count). The SMILES string of the molecule is CCCCCCC1=CC(=O)C(CC(=O)OC)C1. The van der Waals surface area contributed by atoms with Crippen molar-refractivity contribution < 1.29 is 14.3 Å². The topological polar surface area (TPSA) is 43.4 Å². The highest BCUT2D eigenvalue weighted by molar-refractivity contribution is 5.97. The fourth-order valence-corrected chi connectivity index (χ4v) is 2.21. The zero-order chi connectivity index (χ0) is 12.7. The second kappa shape index (κ2) is 7.25. The van der Waals surface area contributed by atoms with Gasteiger partial charge in [-0.25, -0.2) is 0 Å². The number of carbonyl (C=O) groups excluding carboxylic acids is 2. The molecule has 3 heteroatoms. The van der Waals surface area contributed by atoms with E-state index >= 15 is 0 Å². The first-order valence-electron chi connectivity index (χ1n) is 6.47. The molecular formula is C14H22O3. The Hall–Kier alpha value is -1.12. The maximum absolute atomic E-state index is 11.6. The molecule has 0 heterocycles. The van der Waals surface area contributed by atoms with Gasteiger partial charge in [-0.05, 0) is 25.3 Å². The summed E-state index contributed by atoms with van der Waals surface area (Å²) in [5.74, 6) is -0.353. The zero-order valence-corrected chi connectivity index (χ0v) is 10.8. The number of esters is 1. The molecule has 96 valence electrons. The van der Waals surface area contributed by atoms with E-state index in [0.717, 1.165) is 19.3 Å². The summed E-state index contributed by atoms with van der Waals surface area (Å²) in [6.07, 6.45) is 8.57. The molecule has 0 amide bonds. The molecule has 0 aromatic carbocycles. The summed E-state index contributed by atoms with van der Waals surface area (Å²) in [4.78, 5) is 22.8. The van der Waals surface area contributed by atoms with Gasteiger partial charge in [0.25, 0.3) is 0 Å². The first-order valence-corrected chi connectivity index (χ1v) is 6.47. The quantitative estimate of drug-likeness (QED) is 0.506. The third kappa shape index (κ3) is 4.72. The molecule has 1 unspecified atom stereocenters. The van der Waals surface area contributed by atoms with E-state index in [-0.39, 0.29) is 24.1 Å². The Morgan fingerprint density at radius 1 is 1.41 bits per heavy atom. The number of unbranched alkanes of at least 4 members (excludes halogenated alkanes) is 3. The van der Waals surface area contributed by atoms with E-state index < -0.39 is 0 Å². The molecule has 0 saturated heterocycles. The molecule has 0 aliphatic heterocycles. The molecule has 1 aliphatic carbocycles. The normalized spacial score (nSPS) is 19.3. The van der Waals surface area contributed by atoms with Crippen LogP contribution in [0.25, 0.3) is 0 Å². The number of hydrogen-bond acceptors (Lipinski definition) is 3. The molecule has 0 aromatic rings. The third-order valence-electron chi connectivity index (χ3n) is 3.25. The monoisotopic (exact) mass is 238 g/mol. The van der Waals surface area contributed by atoms with Crippen LogP contribution in [0.15, 0.2) is 11.6 Å². The average molecular weight is 238 g/mol. The lowest BCUT2D eigenvalue weighted by molar-refractivity contribution is -0.143. The van der Waals surface area contributed by atoms with Gasteiger partial charge in [0.1, 0.15) is 0 Å². The molecule has 0 saturated carbocycles.